The van der Waals surface area contributed by atoms with E-state index in [-0.39, 0.29) is 0 Å². The summed E-state index contributed by atoms with van der Waals surface area (Å²) < 4.78 is 7.16. The fourth-order valence-electron chi connectivity index (χ4n) is 2.41. The maximum atomic E-state index is 6.23. The number of aromatic nitrogens is 2. The van der Waals surface area contributed by atoms with Gasteiger partial charge in [0.05, 0.1) is 25.1 Å². The molecule has 0 aliphatic carbocycles. The van der Waals surface area contributed by atoms with Crippen molar-refractivity contribution in [3.63, 3.8) is 0 Å². The normalized spacial score (nSPS) is 16.4. The van der Waals surface area contributed by atoms with Crippen molar-refractivity contribution in [1.82, 2.24) is 14.7 Å². The molecule has 1 aliphatic heterocycles. The zero-order chi connectivity index (χ0) is 13.9. The first-order valence-electron chi connectivity index (χ1n) is 6.93. The van der Waals surface area contributed by atoms with E-state index in [4.69, 9.17) is 10.5 Å². The Morgan fingerprint density at radius 3 is 2.60 bits per heavy atom. The van der Waals surface area contributed by atoms with Gasteiger partial charge in [-0.1, -0.05) is 17.7 Å². The molecule has 0 unspecified atom stereocenters. The van der Waals surface area contributed by atoms with Crippen LogP contribution in [0.5, 0.6) is 0 Å². The van der Waals surface area contributed by atoms with Crippen molar-refractivity contribution in [2.45, 2.75) is 13.5 Å². The van der Waals surface area contributed by atoms with E-state index < -0.39 is 0 Å². The summed E-state index contributed by atoms with van der Waals surface area (Å²) in [5.74, 6) is 0.723. The van der Waals surface area contributed by atoms with Crippen molar-refractivity contribution in [2.75, 3.05) is 32.0 Å². The topological polar surface area (TPSA) is 56.3 Å². The summed E-state index contributed by atoms with van der Waals surface area (Å²) in [7, 11) is 0. The van der Waals surface area contributed by atoms with Gasteiger partial charge >= 0.3 is 0 Å². The van der Waals surface area contributed by atoms with Crippen LogP contribution in [-0.4, -0.2) is 41.0 Å². The van der Waals surface area contributed by atoms with Crippen molar-refractivity contribution in [3.8, 4) is 5.69 Å². The molecule has 0 saturated carbocycles. The molecular formula is C15H20N4O. The lowest BCUT2D eigenvalue weighted by molar-refractivity contribution is 0.0343. The molecule has 1 aromatic heterocycles. The monoisotopic (exact) mass is 272 g/mol. The third-order valence-electron chi connectivity index (χ3n) is 3.66. The third-order valence-corrected chi connectivity index (χ3v) is 3.66. The van der Waals surface area contributed by atoms with Gasteiger partial charge < -0.3 is 10.5 Å². The lowest BCUT2D eigenvalue weighted by atomic mass is 10.2. The van der Waals surface area contributed by atoms with E-state index in [9.17, 15) is 0 Å². The molecule has 0 radical (unpaired) electrons. The number of benzene rings is 1. The molecule has 5 heteroatoms. The zero-order valence-electron chi connectivity index (χ0n) is 11.7. The van der Waals surface area contributed by atoms with Crippen LogP contribution in [0.2, 0.25) is 0 Å². The molecule has 1 fully saturated rings. The standard InChI is InChI=1S/C15H20N4O/c1-12-2-4-14(5-3-12)19-15(16)13(10-17-19)11-18-6-8-20-9-7-18/h2-5,10H,6-9,11,16H2,1H3. The molecule has 2 N–H and O–H groups in total. The van der Waals surface area contributed by atoms with Crippen LogP contribution in [-0.2, 0) is 11.3 Å². The Kier molecular flexibility index (Phi) is 3.71. The second-order valence-electron chi connectivity index (χ2n) is 5.19. The lowest BCUT2D eigenvalue weighted by Crippen LogP contribution is -2.35. The largest absolute Gasteiger partial charge is 0.383 e. The van der Waals surface area contributed by atoms with Crippen LogP contribution >= 0.6 is 0 Å². The first kappa shape index (κ1) is 13.1. The van der Waals surface area contributed by atoms with Crippen LogP contribution in [0.1, 0.15) is 11.1 Å². The molecule has 0 amide bonds. The van der Waals surface area contributed by atoms with Crippen molar-refractivity contribution in [3.05, 3.63) is 41.6 Å². The number of hydrogen-bond donors (Lipinski definition) is 1. The maximum Gasteiger partial charge on any atom is 0.131 e. The second-order valence-corrected chi connectivity index (χ2v) is 5.19. The van der Waals surface area contributed by atoms with Crippen molar-refractivity contribution in [1.29, 1.82) is 0 Å². The fourth-order valence-corrected chi connectivity index (χ4v) is 2.41. The number of nitrogens with two attached hydrogens (primary N) is 1. The highest BCUT2D eigenvalue weighted by molar-refractivity contribution is 5.47. The first-order valence-corrected chi connectivity index (χ1v) is 6.93. The second kappa shape index (κ2) is 5.64. The number of ether oxygens (including phenoxy) is 1. The number of nitrogens with zero attached hydrogens (tertiary/aromatic N) is 3. The number of anilines is 1. The molecule has 2 aromatic rings. The van der Waals surface area contributed by atoms with E-state index in [2.05, 4.69) is 29.1 Å². The molecule has 106 valence electrons. The fraction of sp³-hybridized carbons (Fsp3) is 0.400. The number of hydrogen-bond acceptors (Lipinski definition) is 4. The number of morpholine rings is 1. The van der Waals surface area contributed by atoms with Crippen molar-refractivity contribution >= 4 is 5.82 Å². The Balaban J connectivity index is 1.79. The van der Waals surface area contributed by atoms with E-state index >= 15 is 0 Å². The first-order chi connectivity index (χ1) is 9.74. The Morgan fingerprint density at radius 1 is 1.20 bits per heavy atom. The summed E-state index contributed by atoms with van der Waals surface area (Å²) in [6, 6.07) is 8.21. The Labute approximate surface area is 118 Å². The number of rotatable bonds is 3. The predicted molar refractivity (Wildman–Crippen MR) is 78.8 cm³/mol. The Hall–Kier alpha value is -1.85. The van der Waals surface area contributed by atoms with E-state index in [1.165, 1.54) is 5.56 Å². The molecule has 2 heterocycles. The van der Waals surface area contributed by atoms with E-state index in [1.54, 1.807) is 4.68 Å². The van der Waals surface area contributed by atoms with Crippen LogP contribution in [0, 0.1) is 6.92 Å². The average Bonchev–Trinajstić information content (AvgIpc) is 2.83. The minimum absolute atomic E-state index is 0.723. The summed E-state index contributed by atoms with van der Waals surface area (Å²) in [6.07, 6.45) is 1.87. The molecule has 0 spiro atoms. The summed E-state index contributed by atoms with van der Waals surface area (Å²) in [4.78, 5) is 2.34. The molecule has 0 atom stereocenters. The van der Waals surface area contributed by atoms with Gasteiger partial charge in [-0.2, -0.15) is 5.10 Å². The SMILES string of the molecule is Cc1ccc(-n2ncc(CN3CCOCC3)c2N)cc1. The lowest BCUT2D eigenvalue weighted by Gasteiger charge is -2.26. The van der Waals surface area contributed by atoms with Gasteiger partial charge in [0.15, 0.2) is 0 Å². The van der Waals surface area contributed by atoms with Gasteiger partial charge in [-0.05, 0) is 19.1 Å². The van der Waals surface area contributed by atoms with E-state index in [1.807, 2.05) is 18.3 Å². The van der Waals surface area contributed by atoms with Crippen LogP contribution in [0.15, 0.2) is 30.5 Å². The van der Waals surface area contributed by atoms with Crippen LogP contribution in [0.25, 0.3) is 5.69 Å². The van der Waals surface area contributed by atoms with Gasteiger partial charge in [0, 0.05) is 25.2 Å². The highest BCUT2D eigenvalue weighted by atomic mass is 16.5. The summed E-state index contributed by atoms with van der Waals surface area (Å²) in [6.45, 7) is 6.41. The van der Waals surface area contributed by atoms with Gasteiger partial charge in [0.1, 0.15) is 5.82 Å². The number of nitrogen functional groups attached to an aromatic ring is 1. The summed E-state index contributed by atoms with van der Waals surface area (Å²) in [5.41, 5.74) is 9.54. The third kappa shape index (κ3) is 2.69. The maximum absolute atomic E-state index is 6.23. The van der Waals surface area contributed by atoms with Crippen LogP contribution < -0.4 is 5.73 Å². The van der Waals surface area contributed by atoms with E-state index in [0.29, 0.717) is 0 Å². The van der Waals surface area contributed by atoms with E-state index in [0.717, 1.165) is 49.9 Å². The molecule has 1 aromatic carbocycles. The minimum atomic E-state index is 0.723. The van der Waals surface area contributed by atoms with Gasteiger partial charge in [0.25, 0.3) is 0 Å². The molecule has 20 heavy (non-hydrogen) atoms. The molecule has 1 saturated heterocycles. The van der Waals surface area contributed by atoms with Gasteiger partial charge in [0.2, 0.25) is 0 Å². The minimum Gasteiger partial charge on any atom is -0.383 e. The van der Waals surface area contributed by atoms with Crippen LogP contribution in [0.4, 0.5) is 5.82 Å². The summed E-state index contributed by atoms with van der Waals surface area (Å²) >= 11 is 0. The predicted octanol–water partition coefficient (Wildman–Crippen LogP) is 1.60. The summed E-state index contributed by atoms with van der Waals surface area (Å²) in [5, 5.41) is 4.41. The molecule has 0 bridgehead atoms. The van der Waals surface area contributed by atoms with Crippen molar-refractivity contribution in [2.24, 2.45) is 0 Å². The molecule has 5 nitrogen and oxygen atoms in total. The highest BCUT2D eigenvalue weighted by Crippen LogP contribution is 2.19. The molecule has 3 rings (SSSR count). The van der Waals surface area contributed by atoms with Gasteiger partial charge in [-0.3, -0.25) is 4.90 Å². The van der Waals surface area contributed by atoms with Gasteiger partial charge in [-0.25, -0.2) is 4.68 Å². The molecular weight excluding hydrogens is 252 g/mol. The Bertz CT molecular complexity index is 570. The van der Waals surface area contributed by atoms with Gasteiger partial charge in [-0.15, -0.1) is 0 Å². The number of aryl methyl sites for hydroxylation is 1. The zero-order valence-corrected chi connectivity index (χ0v) is 11.7. The van der Waals surface area contributed by atoms with Crippen LogP contribution in [0.3, 0.4) is 0 Å². The average molecular weight is 272 g/mol. The van der Waals surface area contributed by atoms with Crippen molar-refractivity contribution < 1.29 is 4.74 Å². The Morgan fingerprint density at radius 2 is 1.90 bits per heavy atom. The smallest absolute Gasteiger partial charge is 0.131 e. The molecule has 1 aliphatic rings. The quantitative estimate of drug-likeness (QED) is 0.922. The highest BCUT2D eigenvalue weighted by Gasteiger charge is 2.15.